The molecule has 1 fully saturated rings. The summed E-state index contributed by atoms with van der Waals surface area (Å²) in [5.74, 6) is 5.43. The average molecular weight is 517 g/mol. The maximum absolute atomic E-state index is 11.2. The minimum absolute atomic E-state index is 0.00514. The van der Waals surface area contributed by atoms with E-state index in [-0.39, 0.29) is 12.3 Å². The van der Waals surface area contributed by atoms with E-state index in [2.05, 4.69) is 69.8 Å². The minimum Gasteiger partial charge on any atom is -0.489 e. The van der Waals surface area contributed by atoms with Crippen LogP contribution in [-0.2, 0) is 24.5 Å². The van der Waals surface area contributed by atoms with Crippen molar-refractivity contribution < 1.29 is 14.6 Å². The third kappa shape index (κ3) is 8.19. The first kappa shape index (κ1) is 26.9. The van der Waals surface area contributed by atoms with Crippen LogP contribution >= 0.6 is 11.3 Å². The van der Waals surface area contributed by atoms with E-state index in [9.17, 15) is 4.79 Å². The smallest absolute Gasteiger partial charge is 0.304 e. The Morgan fingerprint density at radius 1 is 1.11 bits per heavy atom. The summed E-state index contributed by atoms with van der Waals surface area (Å²) in [6.07, 6.45) is 2.40. The normalized spacial score (nSPS) is 15.2. The van der Waals surface area contributed by atoms with Gasteiger partial charge in [-0.15, -0.1) is 5.92 Å². The lowest BCUT2D eigenvalue weighted by molar-refractivity contribution is -0.137. The van der Waals surface area contributed by atoms with Gasteiger partial charge in [-0.3, -0.25) is 9.69 Å². The number of thiophene rings is 1. The molecule has 6 heteroatoms. The van der Waals surface area contributed by atoms with Crippen LogP contribution in [0, 0.1) is 11.8 Å². The van der Waals surface area contributed by atoms with Crippen molar-refractivity contribution in [3.8, 4) is 17.6 Å². The molecule has 5 nitrogen and oxygen atoms in total. The van der Waals surface area contributed by atoms with Gasteiger partial charge in [-0.25, -0.2) is 0 Å². The van der Waals surface area contributed by atoms with Crippen molar-refractivity contribution in [3.05, 3.63) is 87.6 Å². The maximum Gasteiger partial charge on any atom is 0.304 e. The summed E-state index contributed by atoms with van der Waals surface area (Å²) in [4.78, 5) is 16.2. The highest BCUT2D eigenvalue weighted by molar-refractivity contribution is 7.07. The summed E-state index contributed by atoms with van der Waals surface area (Å²) < 4.78 is 6.07. The molecule has 0 unspecified atom stereocenters. The number of ether oxygens (including phenoxy) is 1. The number of benzene rings is 2. The standard InChI is InChI=1S/C31H36N2O3S/c1-3-5-28(19-31(34)35)27-8-10-30(11-9-27)36-22-25-7-4-6-24(18-25)20-33(21-26-14-17-37-23-26)29-12-15-32(2)16-13-29/h4,6-11,14,17-18,23,28-29H,12-13,15-16,19-22H2,1-2H3,(H,34,35)/t28-/m0/s1. The number of likely N-dealkylation sites (tertiary alicyclic amines) is 1. The van der Waals surface area contributed by atoms with Crippen LogP contribution in [0.5, 0.6) is 5.75 Å². The summed E-state index contributed by atoms with van der Waals surface area (Å²) in [5, 5.41) is 13.6. The molecule has 0 spiro atoms. The van der Waals surface area contributed by atoms with Crippen molar-refractivity contribution in [2.24, 2.45) is 0 Å². The van der Waals surface area contributed by atoms with Crippen LogP contribution in [0.15, 0.2) is 65.4 Å². The summed E-state index contributed by atoms with van der Waals surface area (Å²) in [6.45, 7) is 6.43. The maximum atomic E-state index is 11.2. The lowest BCUT2D eigenvalue weighted by atomic mass is 9.96. The van der Waals surface area contributed by atoms with E-state index in [0.29, 0.717) is 12.6 Å². The first-order chi connectivity index (χ1) is 18.0. The number of piperidine rings is 1. The van der Waals surface area contributed by atoms with Crippen molar-refractivity contribution in [3.63, 3.8) is 0 Å². The second kappa shape index (κ2) is 13.4. The number of hydrogen-bond donors (Lipinski definition) is 1. The van der Waals surface area contributed by atoms with Crippen molar-refractivity contribution in [1.29, 1.82) is 0 Å². The van der Waals surface area contributed by atoms with Gasteiger partial charge in [0.2, 0.25) is 0 Å². The van der Waals surface area contributed by atoms with E-state index >= 15 is 0 Å². The number of carboxylic acid groups (broad SMARTS) is 1. The fourth-order valence-electron chi connectivity index (χ4n) is 4.91. The zero-order valence-electron chi connectivity index (χ0n) is 21.7. The fourth-order valence-corrected chi connectivity index (χ4v) is 5.57. The van der Waals surface area contributed by atoms with Crippen LogP contribution in [0.25, 0.3) is 0 Å². The molecule has 1 N–H and O–H groups in total. The van der Waals surface area contributed by atoms with Crippen LogP contribution in [0.1, 0.15) is 54.4 Å². The predicted octanol–water partition coefficient (Wildman–Crippen LogP) is 6.01. The van der Waals surface area contributed by atoms with Crippen LogP contribution in [0.3, 0.4) is 0 Å². The Morgan fingerprint density at radius 3 is 2.51 bits per heavy atom. The molecular formula is C31H36N2O3S. The zero-order valence-corrected chi connectivity index (χ0v) is 22.5. The average Bonchev–Trinajstić information content (AvgIpc) is 3.41. The van der Waals surface area contributed by atoms with Crippen molar-refractivity contribution >= 4 is 17.3 Å². The van der Waals surface area contributed by atoms with Crippen molar-refractivity contribution in [2.45, 2.75) is 57.8 Å². The number of carbonyl (C=O) groups is 1. The van der Waals surface area contributed by atoms with E-state index in [1.165, 1.54) is 24.0 Å². The van der Waals surface area contributed by atoms with Gasteiger partial charge in [0, 0.05) is 19.1 Å². The van der Waals surface area contributed by atoms with Crippen LogP contribution in [-0.4, -0.2) is 47.1 Å². The molecule has 0 amide bonds. The van der Waals surface area contributed by atoms with Crippen molar-refractivity contribution in [2.75, 3.05) is 20.1 Å². The third-order valence-electron chi connectivity index (χ3n) is 6.93. The molecule has 4 rings (SSSR count). The molecule has 1 aliphatic rings. The van der Waals surface area contributed by atoms with Gasteiger partial charge in [0.25, 0.3) is 0 Å². The van der Waals surface area contributed by atoms with Gasteiger partial charge < -0.3 is 14.7 Å². The number of hydrogen-bond acceptors (Lipinski definition) is 5. The first-order valence-electron chi connectivity index (χ1n) is 12.9. The quantitative estimate of drug-likeness (QED) is 0.317. The molecule has 1 aromatic heterocycles. The molecule has 1 saturated heterocycles. The van der Waals surface area contributed by atoms with Crippen LogP contribution in [0.2, 0.25) is 0 Å². The van der Waals surface area contributed by atoms with Gasteiger partial charge in [0.1, 0.15) is 12.4 Å². The second-order valence-electron chi connectivity index (χ2n) is 9.79. The van der Waals surface area contributed by atoms with Gasteiger partial charge >= 0.3 is 5.97 Å². The monoisotopic (exact) mass is 516 g/mol. The largest absolute Gasteiger partial charge is 0.489 e. The van der Waals surface area contributed by atoms with E-state index in [4.69, 9.17) is 9.84 Å². The van der Waals surface area contributed by atoms with E-state index in [1.54, 1.807) is 18.3 Å². The number of aliphatic carboxylic acids is 1. The molecule has 3 aromatic rings. The van der Waals surface area contributed by atoms with Crippen LogP contribution < -0.4 is 4.74 Å². The van der Waals surface area contributed by atoms with E-state index in [0.717, 1.165) is 43.1 Å². The fraction of sp³-hybridized carbons (Fsp3) is 0.387. The van der Waals surface area contributed by atoms with Gasteiger partial charge in [-0.2, -0.15) is 11.3 Å². The molecule has 0 radical (unpaired) electrons. The molecule has 0 saturated carbocycles. The van der Waals surface area contributed by atoms with E-state index < -0.39 is 5.97 Å². The number of carboxylic acids is 1. The zero-order chi connectivity index (χ0) is 26.0. The third-order valence-corrected chi connectivity index (χ3v) is 7.66. The molecule has 0 bridgehead atoms. The Hall–Kier alpha value is -3.11. The van der Waals surface area contributed by atoms with E-state index in [1.807, 2.05) is 24.3 Å². The lowest BCUT2D eigenvalue weighted by Gasteiger charge is -2.37. The number of rotatable bonds is 11. The number of nitrogens with zero attached hydrogens (tertiary/aromatic N) is 2. The Bertz CT molecular complexity index is 1190. The lowest BCUT2D eigenvalue weighted by Crippen LogP contribution is -2.43. The SMILES string of the molecule is CC#C[C@@H](CC(=O)O)c1ccc(OCc2cccc(CN(Cc3ccsc3)C3CCN(C)CC3)c2)cc1. The Labute approximate surface area is 224 Å². The molecule has 1 aliphatic heterocycles. The highest BCUT2D eigenvalue weighted by atomic mass is 32.1. The summed E-state index contributed by atoms with van der Waals surface area (Å²) >= 11 is 1.76. The van der Waals surface area contributed by atoms with Crippen molar-refractivity contribution in [1.82, 2.24) is 9.80 Å². The second-order valence-corrected chi connectivity index (χ2v) is 10.6. The highest BCUT2D eigenvalue weighted by Gasteiger charge is 2.23. The molecule has 37 heavy (non-hydrogen) atoms. The molecule has 0 aliphatic carbocycles. The van der Waals surface area contributed by atoms with Gasteiger partial charge in [-0.1, -0.05) is 42.3 Å². The summed E-state index contributed by atoms with van der Waals surface area (Å²) in [5.41, 5.74) is 4.73. The van der Waals surface area contributed by atoms with Gasteiger partial charge in [0.05, 0.1) is 12.3 Å². The predicted molar refractivity (Wildman–Crippen MR) is 150 cm³/mol. The minimum atomic E-state index is -0.849. The topological polar surface area (TPSA) is 53.0 Å². The highest BCUT2D eigenvalue weighted by Crippen LogP contribution is 2.24. The Kier molecular flexibility index (Phi) is 9.78. The molecule has 1 atom stereocenters. The van der Waals surface area contributed by atoms with Gasteiger partial charge in [0.15, 0.2) is 0 Å². The molecular weight excluding hydrogens is 480 g/mol. The molecule has 2 aromatic carbocycles. The Morgan fingerprint density at radius 2 is 1.84 bits per heavy atom. The molecule has 194 valence electrons. The van der Waals surface area contributed by atoms with Crippen LogP contribution in [0.4, 0.5) is 0 Å². The molecule has 2 heterocycles. The first-order valence-corrected chi connectivity index (χ1v) is 13.8. The summed E-state index contributed by atoms with van der Waals surface area (Å²) in [6, 6.07) is 19.1. The van der Waals surface area contributed by atoms with Gasteiger partial charge in [-0.05, 0) is 91.1 Å². The summed E-state index contributed by atoms with van der Waals surface area (Å²) in [7, 11) is 2.21. The Balaban J connectivity index is 1.39.